The van der Waals surface area contributed by atoms with Crippen molar-refractivity contribution in [1.82, 2.24) is 4.90 Å². The molecule has 1 amide bonds. The summed E-state index contributed by atoms with van der Waals surface area (Å²) in [5.74, 6) is -0.685. The summed E-state index contributed by atoms with van der Waals surface area (Å²) in [6.45, 7) is 2.29. The van der Waals surface area contributed by atoms with Gasteiger partial charge < -0.3 is 19.2 Å². The van der Waals surface area contributed by atoms with Crippen molar-refractivity contribution < 1.29 is 23.8 Å². The molecule has 1 aliphatic heterocycles. The molecule has 0 bridgehead atoms. The van der Waals surface area contributed by atoms with E-state index >= 15 is 0 Å². The van der Waals surface area contributed by atoms with E-state index in [2.05, 4.69) is 0 Å². The first-order valence-electron chi connectivity index (χ1n) is 6.71. The zero-order chi connectivity index (χ0) is 14.7. The van der Waals surface area contributed by atoms with Gasteiger partial charge in [0.15, 0.2) is 0 Å². The minimum Gasteiger partial charge on any atom is -0.480 e. The number of carbonyl (C=O) groups excluding carboxylic acids is 1. The topological polar surface area (TPSA) is 80.0 Å². The van der Waals surface area contributed by atoms with Crippen LogP contribution in [0.5, 0.6) is 0 Å². The molecule has 20 heavy (non-hydrogen) atoms. The molecule has 0 aromatic carbocycles. The molecule has 1 N–H and O–H groups in total. The van der Waals surface area contributed by atoms with E-state index in [-0.39, 0.29) is 12.0 Å². The Labute approximate surface area is 117 Å². The Morgan fingerprint density at radius 1 is 1.55 bits per heavy atom. The maximum absolute atomic E-state index is 12.5. The van der Waals surface area contributed by atoms with Crippen molar-refractivity contribution in [1.29, 1.82) is 0 Å². The van der Waals surface area contributed by atoms with Gasteiger partial charge in [-0.3, -0.25) is 4.79 Å². The lowest BCUT2D eigenvalue weighted by Crippen LogP contribution is -2.40. The van der Waals surface area contributed by atoms with Crippen LogP contribution in [-0.2, 0) is 16.0 Å². The molecule has 110 valence electrons. The van der Waals surface area contributed by atoms with Gasteiger partial charge in [-0.15, -0.1) is 0 Å². The van der Waals surface area contributed by atoms with E-state index < -0.39 is 12.0 Å². The monoisotopic (exact) mass is 281 g/mol. The van der Waals surface area contributed by atoms with E-state index in [1.807, 2.05) is 6.92 Å². The van der Waals surface area contributed by atoms with E-state index in [4.69, 9.17) is 9.15 Å². The predicted molar refractivity (Wildman–Crippen MR) is 70.6 cm³/mol. The number of amides is 1. The fraction of sp³-hybridized carbons (Fsp3) is 0.571. The number of hydrogen-bond acceptors (Lipinski definition) is 4. The lowest BCUT2D eigenvalue weighted by molar-refractivity contribution is -0.141. The molecule has 0 radical (unpaired) electrons. The number of carbonyl (C=O) groups is 2. The predicted octanol–water partition coefficient (Wildman–Crippen LogP) is 1.55. The molecule has 0 aliphatic carbocycles. The van der Waals surface area contributed by atoms with Crippen LogP contribution in [0.1, 0.15) is 35.9 Å². The number of nitrogens with zero attached hydrogens (tertiary/aromatic N) is 1. The van der Waals surface area contributed by atoms with E-state index in [0.29, 0.717) is 30.7 Å². The minimum absolute atomic E-state index is 0.235. The number of carboxylic acid groups (broad SMARTS) is 1. The van der Waals surface area contributed by atoms with Gasteiger partial charge in [-0.2, -0.15) is 0 Å². The highest BCUT2D eigenvalue weighted by molar-refractivity contribution is 5.97. The molecule has 1 aromatic heterocycles. The number of likely N-dealkylation sites (tertiary alicyclic amines) is 1. The minimum atomic E-state index is -1.00. The average Bonchev–Trinajstić information content (AvgIpc) is 3.04. The molecule has 1 aliphatic rings. The number of ether oxygens (including phenoxy) is 1. The smallest absolute Gasteiger partial charge is 0.326 e. The van der Waals surface area contributed by atoms with Crippen LogP contribution in [0, 0.1) is 0 Å². The van der Waals surface area contributed by atoms with Crippen LogP contribution < -0.4 is 0 Å². The normalized spacial score (nSPS) is 22.2. The molecule has 0 spiro atoms. The molecule has 1 fully saturated rings. The molecule has 2 rings (SSSR count). The molecular weight excluding hydrogens is 262 g/mol. The van der Waals surface area contributed by atoms with Gasteiger partial charge in [0.2, 0.25) is 0 Å². The first-order valence-corrected chi connectivity index (χ1v) is 6.71. The van der Waals surface area contributed by atoms with Gasteiger partial charge in [-0.05, 0) is 12.5 Å². The van der Waals surface area contributed by atoms with Crippen LogP contribution in [0.2, 0.25) is 0 Å². The second-order valence-electron chi connectivity index (χ2n) is 4.91. The maximum atomic E-state index is 12.5. The highest BCUT2D eigenvalue weighted by Crippen LogP contribution is 2.24. The lowest BCUT2D eigenvalue weighted by Gasteiger charge is -2.21. The van der Waals surface area contributed by atoms with Gasteiger partial charge in [0, 0.05) is 26.5 Å². The largest absolute Gasteiger partial charge is 0.480 e. The zero-order valence-corrected chi connectivity index (χ0v) is 11.7. The Kier molecular flexibility index (Phi) is 4.44. The van der Waals surface area contributed by atoms with Crippen LogP contribution in [0.15, 0.2) is 16.7 Å². The fourth-order valence-electron chi connectivity index (χ4n) is 2.53. The second-order valence-corrected chi connectivity index (χ2v) is 4.91. The first kappa shape index (κ1) is 14.6. The Morgan fingerprint density at radius 3 is 2.90 bits per heavy atom. The van der Waals surface area contributed by atoms with Crippen LogP contribution >= 0.6 is 0 Å². The molecule has 6 heteroatoms. The third-order valence-corrected chi connectivity index (χ3v) is 3.59. The summed E-state index contributed by atoms with van der Waals surface area (Å²) in [6, 6.07) is 0.767. The van der Waals surface area contributed by atoms with E-state index in [1.54, 1.807) is 6.07 Å². The Morgan fingerprint density at radius 2 is 2.30 bits per heavy atom. The maximum Gasteiger partial charge on any atom is 0.326 e. The number of rotatable bonds is 5. The van der Waals surface area contributed by atoms with Crippen LogP contribution in [0.4, 0.5) is 0 Å². The van der Waals surface area contributed by atoms with E-state index in [9.17, 15) is 14.7 Å². The highest BCUT2D eigenvalue weighted by Gasteiger charge is 2.40. The summed E-state index contributed by atoms with van der Waals surface area (Å²) in [4.78, 5) is 25.2. The third-order valence-electron chi connectivity index (χ3n) is 3.59. The van der Waals surface area contributed by atoms with Gasteiger partial charge >= 0.3 is 5.97 Å². The summed E-state index contributed by atoms with van der Waals surface area (Å²) < 4.78 is 10.5. The highest BCUT2D eigenvalue weighted by atomic mass is 16.5. The summed E-state index contributed by atoms with van der Waals surface area (Å²) in [5, 5.41) is 9.24. The number of hydrogen-bond donors (Lipinski definition) is 1. The number of aliphatic carboxylic acids is 1. The average molecular weight is 281 g/mol. The van der Waals surface area contributed by atoms with Crippen molar-refractivity contribution in [2.24, 2.45) is 0 Å². The SMILES string of the molecule is CCCc1occc1C(=O)N1CC(OC)CC1C(=O)O. The lowest BCUT2D eigenvalue weighted by atomic mass is 10.1. The standard InChI is InChI=1S/C14H19NO5/c1-3-4-12-10(5-6-20-12)13(16)15-8-9(19-2)7-11(15)14(17)18/h5-6,9,11H,3-4,7-8H2,1-2H3,(H,17,18). The second kappa shape index (κ2) is 6.09. The van der Waals surface area contributed by atoms with Gasteiger partial charge in [-0.25, -0.2) is 4.79 Å². The van der Waals surface area contributed by atoms with Crippen molar-refractivity contribution >= 4 is 11.9 Å². The molecule has 1 aromatic rings. The van der Waals surface area contributed by atoms with Crippen LogP contribution in [0.3, 0.4) is 0 Å². The molecule has 2 atom stereocenters. The number of methoxy groups -OCH3 is 1. The molecule has 2 heterocycles. The van der Waals surface area contributed by atoms with Crippen molar-refractivity contribution in [3.8, 4) is 0 Å². The number of furan rings is 1. The summed E-state index contributed by atoms with van der Waals surface area (Å²) in [7, 11) is 1.53. The van der Waals surface area contributed by atoms with Gasteiger partial charge in [0.05, 0.1) is 17.9 Å². The molecule has 1 saturated heterocycles. The molecular formula is C14H19NO5. The van der Waals surface area contributed by atoms with Crippen LogP contribution in [-0.4, -0.2) is 47.7 Å². The Bertz CT molecular complexity index is 496. The number of carboxylic acids is 1. The van der Waals surface area contributed by atoms with Crippen molar-refractivity contribution in [2.75, 3.05) is 13.7 Å². The molecule has 0 saturated carbocycles. The third kappa shape index (κ3) is 2.70. The molecule has 6 nitrogen and oxygen atoms in total. The van der Waals surface area contributed by atoms with Crippen molar-refractivity contribution in [3.63, 3.8) is 0 Å². The Hall–Kier alpha value is -1.82. The van der Waals surface area contributed by atoms with E-state index in [0.717, 1.165) is 6.42 Å². The zero-order valence-electron chi connectivity index (χ0n) is 11.7. The molecule has 2 unspecified atom stereocenters. The van der Waals surface area contributed by atoms with Crippen LogP contribution in [0.25, 0.3) is 0 Å². The van der Waals surface area contributed by atoms with E-state index in [1.165, 1.54) is 18.3 Å². The van der Waals surface area contributed by atoms with Gasteiger partial charge in [0.1, 0.15) is 11.8 Å². The van der Waals surface area contributed by atoms with Gasteiger partial charge in [-0.1, -0.05) is 6.92 Å². The summed E-state index contributed by atoms with van der Waals surface area (Å²) in [5.41, 5.74) is 0.454. The fourth-order valence-corrected chi connectivity index (χ4v) is 2.53. The van der Waals surface area contributed by atoms with Crippen molar-refractivity contribution in [3.05, 3.63) is 23.7 Å². The Balaban J connectivity index is 2.22. The number of aryl methyl sites for hydroxylation is 1. The van der Waals surface area contributed by atoms with Crippen molar-refractivity contribution in [2.45, 2.75) is 38.3 Å². The van der Waals surface area contributed by atoms with Gasteiger partial charge in [0.25, 0.3) is 5.91 Å². The first-order chi connectivity index (χ1) is 9.58. The summed E-state index contributed by atoms with van der Waals surface area (Å²) >= 11 is 0. The summed E-state index contributed by atoms with van der Waals surface area (Å²) in [6.07, 6.45) is 3.07. The quantitative estimate of drug-likeness (QED) is 0.885.